The lowest BCUT2D eigenvalue weighted by Crippen LogP contribution is -2.28. The Morgan fingerprint density at radius 2 is 1.69 bits per heavy atom. The lowest BCUT2D eigenvalue weighted by molar-refractivity contribution is -0.121. The first-order valence-electron chi connectivity index (χ1n) is 8.99. The van der Waals surface area contributed by atoms with Gasteiger partial charge in [0.2, 0.25) is 11.8 Å². The van der Waals surface area contributed by atoms with Gasteiger partial charge in [0.25, 0.3) is 10.0 Å². The van der Waals surface area contributed by atoms with E-state index in [0.717, 1.165) is 4.90 Å². The highest BCUT2D eigenvalue weighted by atomic mass is 32.2. The third-order valence-electron chi connectivity index (χ3n) is 4.44. The first kappa shape index (κ1) is 20.5. The van der Waals surface area contributed by atoms with E-state index in [-0.39, 0.29) is 36.2 Å². The number of benzene rings is 2. The van der Waals surface area contributed by atoms with Crippen molar-refractivity contribution in [2.75, 3.05) is 16.2 Å². The Labute approximate surface area is 168 Å². The fourth-order valence-corrected chi connectivity index (χ4v) is 4.09. The predicted octanol–water partition coefficient (Wildman–Crippen LogP) is 2.63. The van der Waals surface area contributed by atoms with Gasteiger partial charge >= 0.3 is 5.97 Å². The van der Waals surface area contributed by atoms with Gasteiger partial charge in [0.15, 0.2) is 0 Å². The zero-order valence-corrected chi connectivity index (χ0v) is 16.8. The summed E-state index contributed by atoms with van der Waals surface area (Å²) < 4.78 is 32.8. The molecular formula is C20H20N2O6S. The number of carbonyl (C=O) groups is 3. The van der Waals surface area contributed by atoms with Gasteiger partial charge in [0.05, 0.1) is 28.4 Å². The smallest absolute Gasteiger partial charge is 0.338 e. The van der Waals surface area contributed by atoms with E-state index in [2.05, 4.69) is 4.72 Å². The zero-order chi connectivity index (χ0) is 21.2. The Morgan fingerprint density at radius 1 is 1.07 bits per heavy atom. The minimum atomic E-state index is -3.90. The molecule has 2 aromatic carbocycles. The molecule has 1 N–H and O–H groups in total. The van der Waals surface area contributed by atoms with Crippen LogP contribution in [0, 0.1) is 6.92 Å². The molecule has 8 nitrogen and oxygen atoms in total. The number of sulfonamides is 1. The summed E-state index contributed by atoms with van der Waals surface area (Å²) in [7, 11) is -3.90. The van der Waals surface area contributed by atoms with Crippen molar-refractivity contribution in [3.05, 3.63) is 53.6 Å². The number of ether oxygens (including phenoxy) is 1. The molecule has 0 radical (unpaired) electrons. The highest BCUT2D eigenvalue weighted by Gasteiger charge is 2.30. The van der Waals surface area contributed by atoms with Crippen LogP contribution in [0.1, 0.15) is 35.7 Å². The molecule has 1 fully saturated rings. The molecule has 0 saturated carbocycles. The summed E-state index contributed by atoms with van der Waals surface area (Å²) in [6.07, 6.45) is 0.309. The monoisotopic (exact) mass is 416 g/mol. The molecule has 0 bridgehead atoms. The second kappa shape index (κ2) is 8.04. The molecule has 152 valence electrons. The number of nitrogens with zero attached hydrogens (tertiary/aromatic N) is 1. The van der Waals surface area contributed by atoms with Crippen molar-refractivity contribution in [2.45, 2.75) is 31.6 Å². The van der Waals surface area contributed by atoms with E-state index < -0.39 is 16.0 Å². The number of hydrogen-bond donors (Lipinski definition) is 1. The van der Waals surface area contributed by atoms with Crippen LogP contribution in [0.4, 0.5) is 11.4 Å². The van der Waals surface area contributed by atoms with E-state index >= 15 is 0 Å². The van der Waals surface area contributed by atoms with Crippen LogP contribution < -0.4 is 9.62 Å². The fraction of sp³-hybridized carbons (Fsp3) is 0.250. The Hall–Kier alpha value is -3.20. The van der Waals surface area contributed by atoms with Gasteiger partial charge in [-0.3, -0.25) is 19.2 Å². The standard InChI is InChI=1S/C20H20N2O6S/c1-3-28-20(25)14-4-9-17(13(2)12-14)21-29(26,27)16-7-5-15(6-8-16)22-18(23)10-11-19(22)24/h4-9,12,21H,3,10-11H2,1-2H3. The third kappa shape index (κ3) is 4.29. The number of nitrogens with one attached hydrogen (secondary N) is 1. The highest BCUT2D eigenvalue weighted by Crippen LogP contribution is 2.26. The van der Waals surface area contributed by atoms with E-state index in [0.29, 0.717) is 22.5 Å². The molecule has 0 spiro atoms. The summed E-state index contributed by atoms with van der Waals surface area (Å²) in [6.45, 7) is 3.62. The maximum atomic E-state index is 12.7. The largest absolute Gasteiger partial charge is 0.462 e. The van der Waals surface area contributed by atoms with Gasteiger partial charge in [-0.15, -0.1) is 0 Å². The number of imide groups is 1. The molecule has 2 amide bonds. The zero-order valence-electron chi connectivity index (χ0n) is 16.0. The van der Waals surface area contributed by atoms with Crippen molar-refractivity contribution in [2.24, 2.45) is 0 Å². The van der Waals surface area contributed by atoms with E-state index in [1.165, 1.54) is 36.4 Å². The summed E-state index contributed by atoms with van der Waals surface area (Å²) >= 11 is 0. The molecule has 3 rings (SSSR count). The first-order valence-corrected chi connectivity index (χ1v) is 10.5. The quantitative estimate of drug-likeness (QED) is 0.573. The molecule has 0 aromatic heterocycles. The molecule has 1 aliphatic heterocycles. The maximum Gasteiger partial charge on any atom is 0.338 e. The van der Waals surface area contributed by atoms with Crippen molar-refractivity contribution in [3.8, 4) is 0 Å². The summed E-state index contributed by atoms with van der Waals surface area (Å²) in [5, 5.41) is 0. The summed E-state index contributed by atoms with van der Waals surface area (Å²) in [5.41, 5.74) is 1.55. The van der Waals surface area contributed by atoms with Crippen molar-refractivity contribution in [3.63, 3.8) is 0 Å². The van der Waals surface area contributed by atoms with Gasteiger partial charge in [-0.1, -0.05) is 0 Å². The van der Waals surface area contributed by atoms with Gasteiger partial charge < -0.3 is 4.74 Å². The Balaban J connectivity index is 1.80. The molecule has 9 heteroatoms. The first-order chi connectivity index (χ1) is 13.7. The van der Waals surface area contributed by atoms with Crippen molar-refractivity contribution >= 4 is 39.2 Å². The van der Waals surface area contributed by atoms with Gasteiger partial charge in [0, 0.05) is 12.8 Å². The molecule has 1 aliphatic rings. The normalized spacial score (nSPS) is 14.2. The number of rotatable bonds is 6. The number of hydrogen-bond acceptors (Lipinski definition) is 6. The van der Waals surface area contributed by atoms with Crippen LogP contribution in [-0.4, -0.2) is 32.8 Å². The minimum absolute atomic E-state index is 0.0192. The van der Waals surface area contributed by atoms with E-state index in [1.54, 1.807) is 19.9 Å². The number of carbonyl (C=O) groups excluding carboxylic acids is 3. The lowest BCUT2D eigenvalue weighted by Gasteiger charge is -2.15. The van der Waals surface area contributed by atoms with Gasteiger partial charge in [-0.25, -0.2) is 13.2 Å². The second-order valence-electron chi connectivity index (χ2n) is 6.47. The van der Waals surface area contributed by atoms with Crippen LogP contribution in [-0.2, 0) is 24.3 Å². The molecule has 1 saturated heterocycles. The Morgan fingerprint density at radius 3 is 2.24 bits per heavy atom. The van der Waals surface area contributed by atoms with Gasteiger partial charge in [-0.2, -0.15) is 0 Å². The lowest BCUT2D eigenvalue weighted by atomic mass is 10.1. The van der Waals surface area contributed by atoms with E-state index in [9.17, 15) is 22.8 Å². The van der Waals surface area contributed by atoms with Crippen molar-refractivity contribution < 1.29 is 27.5 Å². The van der Waals surface area contributed by atoms with E-state index in [4.69, 9.17) is 4.74 Å². The molecule has 0 unspecified atom stereocenters. The van der Waals surface area contributed by atoms with E-state index in [1.807, 2.05) is 0 Å². The molecule has 2 aromatic rings. The Kier molecular flexibility index (Phi) is 5.69. The molecule has 29 heavy (non-hydrogen) atoms. The summed E-state index contributed by atoms with van der Waals surface area (Å²) in [6, 6.07) is 10.0. The predicted molar refractivity (Wildman–Crippen MR) is 106 cm³/mol. The van der Waals surface area contributed by atoms with Gasteiger partial charge in [-0.05, 0) is 61.9 Å². The van der Waals surface area contributed by atoms with Crippen LogP contribution >= 0.6 is 0 Å². The number of esters is 1. The van der Waals surface area contributed by atoms with Crippen LogP contribution in [0.5, 0.6) is 0 Å². The Bertz CT molecular complexity index is 1060. The average Bonchev–Trinajstić information content (AvgIpc) is 3.02. The fourth-order valence-electron chi connectivity index (χ4n) is 2.96. The van der Waals surface area contributed by atoms with Crippen molar-refractivity contribution in [1.82, 2.24) is 0 Å². The topological polar surface area (TPSA) is 110 Å². The molecule has 0 atom stereocenters. The number of anilines is 2. The highest BCUT2D eigenvalue weighted by molar-refractivity contribution is 7.92. The molecule has 1 heterocycles. The molecule has 0 aliphatic carbocycles. The third-order valence-corrected chi connectivity index (χ3v) is 5.82. The summed E-state index contributed by atoms with van der Waals surface area (Å²) in [5.74, 6) is -1.09. The molecular weight excluding hydrogens is 396 g/mol. The van der Waals surface area contributed by atoms with Gasteiger partial charge in [0.1, 0.15) is 0 Å². The van der Waals surface area contributed by atoms with Crippen molar-refractivity contribution in [1.29, 1.82) is 0 Å². The van der Waals surface area contributed by atoms with Crippen LogP contribution in [0.2, 0.25) is 0 Å². The number of amides is 2. The number of aryl methyl sites for hydroxylation is 1. The SMILES string of the molecule is CCOC(=O)c1ccc(NS(=O)(=O)c2ccc(N3C(=O)CCC3=O)cc2)c(C)c1. The minimum Gasteiger partial charge on any atom is -0.462 e. The summed E-state index contributed by atoms with van der Waals surface area (Å²) in [4.78, 5) is 36.4. The second-order valence-corrected chi connectivity index (χ2v) is 8.15. The van der Waals surface area contributed by atoms with Crippen LogP contribution in [0.25, 0.3) is 0 Å². The van der Waals surface area contributed by atoms with Crippen LogP contribution in [0.3, 0.4) is 0 Å². The van der Waals surface area contributed by atoms with Crippen LogP contribution in [0.15, 0.2) is 47.4 Å². The average molecular weight is 416 g/mol. The maximum absolute atomic E-state index is 12.7.